The first-order chi connectivity index (χ1) is 9.86. The number of hydrogen-bond donors (Lipinski definition) is 2. The van der Waals surface area contributed by atoms with E-state index in [1.54, 1.807) is 0 Å². The molecule has 2 aliphatic heterocycles. The minimum atomic E-state index is 0. The Labute approximate surface area is 133 Å². The van der Waals surface area contributed by atoms with Crippen LogP contribution in [-0.2, 0) is 14.3 Å². The zero-order valence-electron chi connectivity index (χ0n) is 12.8. The normalized spacial score (nSPS) is 23.3. The molecule has 2 heterocycles. The molecular weight excluding hydrogens is 292 g/mol. The molecule has 5 nitrogen and oxygen atoms in total. The molecule has 0 radical (unpaired) electrons. The lowest BCUT2D eigenvalue weighted by molar-refractivity contribution is -0.123. The second kappa shape index (κ2) is 11.2. The van der Waals surface area contributed by atoms with Crippen molar-refractivity contribution in [2.45, 2.75) is 44.6 Å². The highest BCUT2D eigenvalue weighted by Crippen LogP contribution is 2.14. The van der Waals surface area contributed by atoms with Crippen LogP contribution in [0, 0.1) is 5.92 Å². The Kier molecular flexibility index (Phi) is 10.0. The monoisotopic (exact) mass is 320 g/mol. The van der Waals surface area contributed by atoms with Crippen molar-refractivity contribution in [3.05, 3.63) is 0 Å². The molecule has 0 bridgehead atoms. The lowest BCUT2D eigenvalue weighted by atomic mass is 10.0. The minimum Gasteiger partial charge on any atom is -0.381 e. The van der Waals surface area contributed by atoms with E-state index >= 15 is 0 Å². The van der Waals surface area contributed by atoms with Gasteiger partial charge in [-0.3, -0.25) is 4.79 Å². The molecule has 2 saturated heterocycles. The van der Waals surface area contributed by atoms with Crippen LogP contribution < -0.4 is 10.6 Å². The lowest BCUT2D eigenvalue weighted by Crippen LogP contribution is -2.46. The van der Waals surface area contributed by atoms with Crippen LogP contribution in [0.3, 0.4) is 0 Å². The number of amides is 1. The van der Waals surface area contributed by atoms with Gasteiger partial charge in [-0.15, -0.1) is 12.4 Å². The van der Waals surface area contributed by atoms with Crippen molar-refractivity contribution in [2.24, 2.45) is 5.92 Å². The van der Waals surface area contributed by atoms with Gasteiger partial charge in [-0.05, 0) is 44.6 Å². The van der Waals surface area contributed by atoms with Gasteiger partial charge in [-0.1, -0.05) is 6.42 Å². The van der Waals surface area contributed by atoms with Crippen molar-refractivity contribution in [3.8, 4) is 0 Å². The number of piperidine rings is 1. The summed E-state index contributed by atoms with van der Waals surface area (Å²) < 4.78 is 11.0. The Morgan fingerprint density at radius 1 is 1.24 bits per heavy atom. The summed E-state index contributed by atoms with van der Waals surface area (Å²) in [6.45, 7) is 4.99. The highest BCUT2D eigenvalue weighted by molar-refractivity contribution is 5.85. The first-order valence-electron chi connectivity index (χ1n) is 8.03. The van der Waals surface area contributed by atoms with Crippen molar-refractivity contribution in [1.29, 1.82) is 0 Å². The summed E-state index contributed by atoms with van der Waals surface area (Å²) in [6.07, 6.45) is 6.42. The molecule has 1 amide bonds. The molecule has 21 heavy (non-hydrogen) atoms. The fourth-order valence-electron chi connectivity index (χ4n) is 2.75. The first kappa shape index (κ1) is 18.7. The Hall–Kier alpha value is -0.360. The highest BCUT2D eigenvalue weighted by Gasteiger charge is 2.19. The summed E-state index contributed by atoms with van der Waals surface area (Å²) in [5.74, 6) is 0.805. The smallest absolute Gasteiger partial charge is 0.237 e. The van der Waals surface area contributed by atoms with Crippen molar-refractivity contribution in [2.75, 3.05) is 39.5 Å². The highest BCUT2D eigenvalue weighted by atomic mass is 35.5. The average Bonchev–Trinajstić information content (AvgIpc) is 2.52. The first-order valence-corrected chi connectivity index (χ1v) is 8.03. The van der Waals surface area contributed by atoms with E-state index in [1.807, 2.05) is 0 Å². The van der Waals surface area contributed by atoms with Gasteiger partial charge in [0.05, 0.1) is 6.04 Å². The number of nitrogens with one attached hydrogen (secondary N) is 2. The number of carbonyl (C=O) groups is 1. The third-order valence-corrected chi connectivity index (χ3v) is 4.09. The van der Waals surface area contributed by atoms with Gasteiger partial charge in [-0.2, -0.15) is 0 Å². The molecule has 0 spiro atoms. The molecule has 2 aliphatic rings. The minimum absolute atomic E-state index is 0. The van der Waals surface area contributed by atoms with Crippen molar-refractivity contribution in [3.63, 3.8) is 0 Å². The molecule has 0 saturated carbocycles. The third-order valence-electron chi connectivity index (χ3n) is 4.09. The molecule has 1 unspecified atom stereocenters. The lowest BCUT2D eigenvalue weighted by Gasteiger charge is -2.23. The largest absolute Gasteiger partial charge is 0.381 e. The molecule has 2 fully saturated rings. The summed E-state index contributed by atoms with van der Waals surface area (Å²) in [6, 6.07) is 0.0203. The standard InChI is InChI=1S/C15H28N2O3.ClH/c18-15(14-4-1-2-7-16-14)17-8-3-9-20-12-13-5-10-19-11-6-13;/h13-14,16H,1-12H2,(H,17,18);1H. The Morgan fingerprint density at radius 3 is 2.76 bits per heavy atom. The van der Waals surface area contributed by atoms with E-state index in [1.165, 1.54) is 6.42 Å². The number of ether oxygens (including phenoxy) is 2. The van der Waals surface area contributed by atoms with Gasteiger partial charge >= 0.3 is 0 Å². The van der Waals surface area contributed by atoms with Crippen molar-refractivity contribution < 1.29 is 14.3 Å². The summed E-state index contributed by atoms with van der Waals surface area (Å²) >= 11 is 0. The zero-order chi connectivity index (χ0) is 14.0. The van der Waals surface area contributed by atoms with E-state index in [-0.39, 0.29) is 24.4 Å². The number of hydrogen-bond acceptors (Lipinski definition) is 4. The summed E-state index contributed by atoms with van der Waals surface area (Å²) in [7, 11) is 0. The van der Waals surface area contributed by atoms with Crippen LogP contribution in [0.25, 0.3) is 0 Å². The van der Waals surface area contributed by atoms with Crippen LogP contribution in [-0.4, -0.2) is 51.5 Å². The van der Waals surface area contributed by atoms with Crippen LogP contribution in [0.5, 0.6) is 0 Å². The van der Waals surface area contributed by atoms with Crippen LogP contribution in [0.2, 0.25) is 0 Å². The average molecular weight is 321 g/mol. The van der Waals surface area contributed by atoms with E-state index in [0.717, 1.165) is 65.1 Å². The van der Waals surface area contributed by atoms with Gasteiger partial charge in [0.25, 0.3) is 0 Å². The molecule has 0 aromatic carbocycles. The number of carbonyl (C=O) groups excluding carboxylic acids is 1. The van der Waals surface area contributed by atoms with E-state index in [9.17, 15) is 4.79 Å². The molecule has 2 rings (SSSR count). The van der Waals surface area contributed by atoms with E-state index in [4.69, 9.17) is 9.47 Å². The third kappa shape index (κ3) is 7.45. The van der Waals surface area contributed by atoms with Crippen molar-refractivity contribution in [1.82, 2.24) is 10.6 Å². The molecule has 0 aromatic heterocycles. The van der Waals surface area contributed by atoms with Gasteiger partial charge in [0.15, 0.2) is 0 Å². The number of halogens is 1. The zero-order valence-corrected chi connectivity index (χ0v) is 13.6. The Bertz CT molecular complexity index is 280. The summed E-state index contributed by atoms with van der Waals surface area (Å²) in [5.41, 5.74) is 0. The molecule has 0 aromatic rings. The maximum absolute atomic E-state index is 11.8. The molecular formula is C15H29ClN2O3. The van der Waals surface area contributed by atoms with Gasteiger partial charge < -0.3 is 20.1 Å². The second-order valence-corrected chi connectivity index (χ2v) is 5.78. The SMILES string of the molecule is Cl.O=C(NCCCOCC1CCOCC1)C1CCCCN1. The molecule has 1 atom stereocenters. The predicted octanol–water partition coefficient (Wildman–Crippen LogP) is 1.50. The molecule has 2 N–H and O–H groups in total. The van der Waals surface area contributed by atoms with E-state index < -0.39 is 0 Å². The fraction of sp³-hybridized carbons (Fsp3) is 0.933. The Morgan fingerprint density at radius 2 is 2.05 bits per heavy atom. The van der Waals surface area contributed by atoms with Gasteiger partial charge in [0, 0.05) is 33.0 Å². The van der Waals surface area contributed by atoms with Crippen LogP contribution in [0.1, 0.15) is 38.5 Å². The maximum atomic E-state index is 11.8. The van der Waals surface area contributed by atoms with Crippen LogP contribution in [0.15, 0.2) is 0 Å². The Balaban J connectivity index is 0.00000220. The number of rotatable bonds is 7. The van der Waals surface area contributed by atoms with E-state index in [0.29, 0.717) is 12.5 Å². The van der Waals surface area contributed by atoms with Gasteiger partial charge in [-0.25, -0.2) is 0 Å². The maximum Gasteiger partial charge on any atom is 0.237 e. The molecule has 6 heteroatoms. The quantitative estimate of drug-likeness (QED) is 0.698. The summed E-state index contributed by atoms with van der Waals surface area (Å²) in [4.78, 5) is 11.8. The predicted molar refractivity (Wildman–Crippen MR) is 84.9 cm³/mol. The molecule has 124 valence electrons. The van der Waals surface area contributed by atoms with Crippen LogP contribution >= 0.6 is 12.4 Å². The molecule has 0 aliphatic carbocycles. The second-order valence-electron chi connectivity index (χ2n) is 5.78. The fourth-order valence-corrected chi connectivity index (χ4v) is 2.75. The topological polar surface area (TPSA) is 59.6 Å². The van der Waals surface area contributed by atoms with Crippen LogP contribution in [0.4, 0.5) is 0 Å². The van der Waals surface area contributed by atoms with Crippen molar-refractivity contribution >= 4 is 18.3 Å². The van der Waals surface area contributed by atoms with E-state index in [2.05, 4.69) is 10.6 Å². The van der Waals surface area contributed by atoms with Gasteiger partial charge in [0.1, 0.15) is 0 Å². The van der Waals surface area contributed by atoms with Gasteiger partial charge in [0.2, 0.25) is 5.91 Å². The summed E-state index contributed by atoms with van der Waals surface area (Å²) in [5, 5.41) is 6.25.